The molecule has 1 aliphatic rings. The predicted molar refractivity (Wildman–Crippen MR) is 123 cm³/mol. The van der Waals surface area contributed by atoms with E-state index in [1.165, 1.54) is 23.9 Å². The van der Waals surface area contributed by atoms with E-state index in [0.29, 0.717) is 18.6 Å². The van der Waals surface area contributed by atoms with Crippen LogP contribution in [-0.4, -0.2) is 28.9 Å². The topological polar surface area (TPSA) is 58.2 Å². The van der Waals surface area contributed by atoms with E-state index >= 15 is 0 Å². The monoisotopic (exact) mass is 434 g/mol. The van der Waals surface area contributed by atoms with Crippen molar-refractivity contribution < 1.29 is 14.0 Å². The molecule has 6 heteroatoms. The van der Waals surface area contributed by atoms with Crippen LogP contribution in [0.2, 0.25) is 0 Å². The molecule has 0 saturated carbocycles. The van der Waals surface area contributed by atoms with Crippen LogP contribution in [-0.2, 0) is 22.4 Å². The van der Waals surface area contributed by atoms with Crippen LogP contribution in [0.25, 0.3) is 0 Å². The van der Waals surface area contributed by atoms with Gasteiger partial charge in [-0.1, -0.05) is 60.7 Å². The first-order chi connectivity index (χ1) is 15.1. The van der Waals surface area contributed by atoms with Gasteiger partial charge in [0.2, 0.25) is 11.8 Å². The van der Waals surface area contributed by atoms with Gasteiger partial charge in [0.15, 0.2) is 0 Å². The third-order valence-corrected chi connectivity index (χ3v) is 6.55. The Balaban J connectivity index is 1.37. The van der Waals surface area contributed by atoms with Crippen LogP contribution >= 0.6 is 11.8 Å². The molecule has 0 aromatic heterocycles. The standard InChI is InChI=1S/C25H23FN2O2S/c26-20-12-10-18(11-13-20)15-23-25(30)28-22(16-31-23)24(29)27-21-9-5-4-8-19(21)14-17-6-2-1-3-7-17/h1-13,22-23H,14-16H2,(H,27,29)(H,28,30)/t22-,23-/m0/s1. The van der Waals surface area contributed by atoms with Gasteiger partial charge in [-0.2, -0.15) is 0 Å². The molecular formula is C25H23FN2O2S. The molecule has 0 bridgehead atoms. The summed E-state index contributed by atoms with van der Waals surface area (Å²) in [5, 5.41) is 5.53. The van der Waals surface area contributed by atoms with E-state index in [2.05, 4.69) is 22.8 Å². The molecule has 31 heavy (non-hydrogen) atoms. The van der Waals surface area contributed by atoms with Gasteiger partial charge in [0, 0.05) is 11.4 Å². The van der Waals surface area contributed by atoms with Crippen molar-refractivity contribution in [1.82, 2.24) is 5.32 Å². The van der Waals surface area contributed by atoms with E-state index in [-0.39, 0.29) is 22.9 Å². The average molecular weight is 435 g/mol. The number of nitrogens with one attached hydrogen (secondary N) is 2. The second-order valence-electron chi connectivity index (χ2n) is 7.52. The quantitative estimate of drug-likeness (QED) is 0.611. The van der Waals surface area contributed by atoms with Gasteiger partial charge in [-0.05, 0) is 47.7 Å². The lowest BCUT2D eigenvalue weighted by atomic mass is 10.0. The number of thioether (sulfide) groups is 1. The summed E-state index contributed by atoms with van der Waals surface area (Å²) in [5.74, 6) is -0.196. The first-order valence-electron chi connectivity index (χ1n) is 10.2. The van der Waals surface area contributed by atoms with Gasteiger partial charge >= 0.3 is 0 Å². The lowest BCUT2D eigenvalue weighted by molar-refractivity contribution is -0.126. The molecule has 0 unspecified atom stereocenters. The predicted octanol–water partition coefficient (Wildman–Crippen LogP) is 4.20. The van der Waals surface area contributed by atoms with Crippen LogP contribution in [0.1, 0.15) is 16.7 Å². The van der Waals surface area contributed by atoms with E-state index in [1.807, 2.05) is 42.5 Å². The van der Waals surface area contributed by atoms with Crippen molar-refractivity contribution in [3.05, 3.63) is 101 Å². The van der Waals surface area contributed by atoms with Crippen molar-refractivity contribution >= 4 is 29.3 Å². The fourth-order valence-corrected chi connectivity index (χ4v) is 4.74. The summed E-state index contributed by atoms with van der Waals surface area (Å²) in [6, 6.07) is 23.3. The highest BCUT2D eigenvalue weighted by Crippen LogP contribution is 2.24. The van der Waals surface area contributed by atoms with E-state index in [0.717, 1.165) is 22.4 Å². The number of anilines is 1. The maximum Gasteiger partial charge on any atom is 0.247 e. The van der Waals surface area contributed by atoms with Crippen molar-refractivity contribution in [1.29, 1.82) is 0 Å². The summed E-state index contributed by atoms with van der Waals surface area (Å²) in [6.45, 7) is 0. The Morgan fingerprint density at radius 2 is 1.68 bits per heavy atom. The lowest BCUT2D eigenvalue weighted by Crippen LogP contribution is -2.52. The van der Waals surface area contributed by atoms with Gasteiger partial charge < -0.3 is 10.6 Å². The molecule has 0 radical (unpaired) electrons. The van der Waals surface area contributed by atoms with Gasteiger partial charge in [-0.3, -0.25) is 9.59 Å². The summed E-state index contributed by atoms with van der Waals surface area (Å²) < 4.78 is 13.1. The highest BCUT2D eigenvalue weighted by Gasteiger charge is 2.32. The molecule has 2 atom stereocenters. The normalized spacial score (nSPS) is 18.3. The Hall–Kier alpha value is -3.12. The molecule has 2 amide bonds. The van der Waals surface area contributed by atoms with Crippen molar-refractivity contribution in [2.75, 3.05) is 11.1 Å². The largest absolute Gasteiger partial charge is 0.343 e. The fraction of sp³-hybridized carbons (Fsp3) is 0.200. The Morgan fingerprint density at radius 1 is 0.968 bits per heavy atom. The zero-order valence-corrected chi connectivity index (χ0v) is 17.7. The average Bonchev–Trinajstić information content (AvgIpc) is 2.78. The minimum absolute atomic E-state index is 0.168. The summed E-state index contributed by atoms with van der Waals surface area (Å²) in [5.41, 5.74) is 3.83. The van der Waals surface area contributed by atoms with Crippen LogP contribution in [0.5, 0.6) is 0 Å². The van der Waals surface area contributed by atoms with Gasteiger partial charge in [0.05, 0.1) is 5.25 Å². The lowest BCUT2D eigenvalue weighted by Gasteiger charge is -2.28. The minimum atomic E-state index is -0.591. The van der Waals surface area contributed by atoms with E-state index in [1.54, 1.807) is 12.1 Å². The molecule has 2 N–H and O–H groups in total. The van der Waals surface area contributed by atoms with E-state index in [4.69, 9.17) is 0 Å². The molecule has 1 heterocycles. The zero-order chi connectivity index (χ0) is 21.6. The number of hydrogen-bond acceptors (Lipinski definition) is 3. The van der Waals surface area contributed by atoms with Crippen LogP contribution in [0, 0.1) is 5.82 Å². The molecule has 158 valence electrons. The molecule has 4 rings (SSSR count). The Labute approximate surface area is 185 Å². The van der Waals surface area contributed by atoms with Gasteiger partial charge in [0.1, 0.15) is 11.9 Å². The smallest absolute Gasteiger partial charge is 0.247 e. The second kappa shape index (κ2) is 9.79. The van der Waals surface area contributed by atoms with Crippen molar-refractivity contribution in [3.63, 3.8) is 0 Å². The maximum atomic E-state index is 13.1. The third kappa shape index (κ3) is 5.52. The van der Waals surface area contributed by atoms with Crippen LogP contribution in [0.3, 0.4) is 0 Å². The summed E-state index contributed by atoms with van der Waals surface area (Å²) >= 11 is 1.46. The molecule has 0 aliphatic carbocycles. The first-order valence-corrected chi connectivity index (χ1v) is 11.2. The number of benzene rings is 3. The maximum absolute atomic E-state index is 13.1. The van der Waals surface area contributed by atoms with Crippen molar-refractivity contribution in [2.24, 2.45) is 0 Å². The Kier molecular flexibility index (Phi) is 6.67. The molecule has 3 aromatic carbocycles. The van der Waals surface area contributed by atoms with Crippen LogP contribution in [0.15, 0.2) is 78.9 Å². The van der Waals surface area contributed by atoms with Crippen LogP contribution in [0.4, 0.5) is 10.1 Å². The molecule has 4 nitrogen and oxygen atoms in total. The minimum Gasteiger partial charge on any atom is -0.343 e. The number of halogens is 1. The molecule has 3 aromatic rings. The molecule has 0 spiro atoms. The van der Waals surface area contributed by atoms with Crippen molar-refractivity contribution in [3.8, 4) is 0 Å². The highest BCUT2D eigenvalue weighted by molar-refractivity contribution is 8.00. The molecular weight excluding hydrogens is 411 g/mol. The van der Waals surface area contributed by atoms with E-state index in [9.17, 15) is 14.0 Å². The SMILES string of the molecule is O=C(Nc1ccccc1Cc1ccccc1)[C@@H]1CS[C@@H](Cc2ccc(F)cc2)C(=O)N1. The summed E-state index contributed by atoms with van der Waals surface area (Å²) in [6.07, 6.45) is 1.22. The molecule has 1 aliphatic heterocycles. The Bertz CT molecular complexity index is 1060. The summed E-state index contributed by atoms with van der Waals surface area (Å²) in [4.78, 5) is 25.4. The molecule has 1 saturated heterocycles. The number of carbonyl (C=O) groups excluding carboxylic acids is 2. The second-order valence-corrected chi connectivity index (χ2v) is 8.76. The number of carbonyl (C=O) groups is 2. The summed E-state index contributed by atoms with van der Waals surface area (Å²) in [7, 11) is 0. The number of amides is 2. The number of rotatable bonds is 6. The fourth-order valence-electron chi connectivity index (χ4n) is 3.55. The van der Waals surface area contributed by atoms with Gasteiger partial charge in [0.25, 0.3) is 0 Å². The number of hydrogen-bond donors (Lipinski definition) is 2. The Morgan fingerprint density at radius 3 is 2.42 bits per heavy atom. The van der Waals surface area contributed by atoms with Crippen molar-refractivity contribution in [2.45, 2.75) is 24.1 Å². The third-order valence-electron chi connectivity index (χ3n) is 5.24. The van der Waals surface area contributed by atoms with E-state index < -0.39 is 6.04 Å². The first kappa shape index (κ1) is 21.1. The zero-order valence-electron chi connectivity index (χ0n) is 16.9. The highest BCUT2D eigenvalue weighted by atomic mass is 32.2. The molecule has 1 fully saturated rings. The van der Waals surface area contributed by atoms with Gasteiger partial charge in [-0.25, -0.2) is 4.39 Å². The number of para-hydroxylation sites is 1. The van der Waals surface area contributed by atoms with Gasteiger partial charge in [-0.15, -0.1) is 11.8 Å². The van der Waals surface area contributed by atoms with Crippen LogP contribution < -0.4 is 10.6 Å².